The molecule has 0 spiro atoms. The van der Waals surface area contributed by atoms with Gasteiger partial charge in [0.1, 0.15) is 5.75 Å². The second kappa shape index (κ2) is 6.47. The van der Waals surface area contributed by atoms with E-state index in [9.17, 15) is 8.78 Å². The van der Waals surface area contributed by atoms with Crippen LogP contribution in [-0.4, -0.2) is 17.8 Å². The van der Waals surface area contributed by atoms with Gasteiger partial charge in [-0.15, -0.1) is 0 Å². The predicted octanol–water partition coefficient (Wildman–Crippen LogP) is 3.44. The van der Waals surface area contributed by atoms with Gasteiger partial charge in [-0.05, 0) is 24.3 Å². The molecular weight excluding hydrogens is 266 g/mol. The molecule has 0 saturated heterocycles. The van der Waals surface area contributed by atoms with Crippen molar-refractivity contribution in [3.05, 3.63) is 36.0 Å². The van der Waals surface area contributed by atoms with Crippen LogP contribution >= 0.6 is 0 Å². The Hall–Kier alpha value is -1.95. The van der Waals surface area contributed by atoms with Crippen molar-refractivity contribution in [3.63, 3.8) is 0 Å². The van der Waals surface area contributed by atoms with Gasteiger partial charge in [-0.2, -0.15) is 8.78 Å². The second-order valence-corrected chi connectivity index (χ2v) is 4.62. The Balaban J connectivity index is 2.04. The van der Waals surface area contributed by atoms with E-state index in [-0.39, 0.29) is 5.75 Å². The lowest BCUT2D eigenvalue weighted by Crippen LogP contribution is -2.21. The number of ether oxygens (including phenoxy) is 1. The van der Waals surface area contributed by atoms with Crippen LogP contribution in [-0.2, 0) is 6.54 Å². The maximum absolute atomic E-state index is 12.0. The molecule has 0 atom stereocenters. The van der Waals surface area contributed by atoms with E-state index in [1.165, 1.54) is 12.1 Å². The molecule has 0 bridgehead atoms. The van der Waals surface area contributed by atoms with Gasteiger partial charge in [0, 0.05) is 24.2 Å². The number of alkyl halides is 2. The standard InChI is InChI=1S/C14H16F2N2O2/c1-9(2)17-8-11-7-13(20-18-11)10-3-5-12(6-4-10)19-14(15)16/h3-7,9,14,17H,8H2,1-2H3. The fourth-order valence-corrected chi connectivity index (χ4v) is 1.64. The molecule has 0 unspecified atom stereocenters. The molecular formula is C14H16F2N2O2. The quantitative estimate of drug-likeness (QED) is 0.881. The summed E-state index contributed by atoms with van der Waals surface area (Å²) >= 11 is 0. The first-order chi connectivity index (χ1) is 9.54. The summed E-state index contributed by atoms with van der Waals surface area (Å²) < 4.78 is 33.6. The van der Waals surface area contributed by atoms with E-state index in [2.05, 4.69) is 15.2 Å². The van der Waals surface area contributed by atoms with E-state index in [1.54, 1.807) is 12.1 Å². The molecule has 0 aliphatic rings. The number of halogens is 2. The lowest BCUT2D eigenvalue weighted by atomic mass is 10.1. The zero-order valence-corrected chi connectivity index (χ0v) is 11.3. The Bertz CT molecular complexity index is 538. The van der Waals surface area contributed by atoms with Gasteiger partial charge in [0.05, 0.1) is 5.69 Å². The van der Waals surface area contributed by atoms with Crippen LogP contribution in [0, 0.1) is 0 Å². The first-order valence-electron chi connectivity index (χ1n) is 6.29. The normalized spacial score (nSPS) is 11.3. The molecule has 2 rings (SSSR count). The summed E-state index contributed by atoms with van der Waals surface area (Å²) in [4.78, 5) is 0. The van der Waals surface area contributed by atoms with Gasteiger partial charge in [0.25, 0.3) is 0 Å². The van der Waals surface area contributed by atoms with Crippen molar-refractivity contribution in [2.24, 2.45) is 0 Å². The zero-order chi connectivity index (χ0) is 14.5. The molecule has 2 aromatic rings. The van der Waals surface area contributed by atoms with Gasteiger partial charge in [-0.3, -0.25) is 0 Å². The minimum absolute atomic E-state index is 0.116. The van der Waals surface area contributed by atoms with Crippen LogP contribution in [0.1, 0.15) is 19.5 Å². The number of aromatic nitrogens is 1. The molecule has 1 heterocycles. The average molecular weight is 282 g/mol. The van der Waals surface area contributed by atoms with Gasteiger partial charge in [-0.1, -0.05) is 19.0 Å². The first-order valence-corrected chi connectivity index (χ1v) is 6.29. The van der Waals surface area contributed by atoms with Crippen LogP contribution in [0.25, 0.3) is 11.3 Å². The van der Waals surface area contributed by atoms with Crippen molar-refractivity contribution in [2.45, 2.75) is 33.0 Å². The van der Waals surface area contributed by atoms with Crippen LogP contribution in [0.4, 0.5) is 8.78 Å². The third kappa shape index (κ3) is 4.03. The summed E-state index contributed by atoms with van der Waals surface area (Å²) in [6.07, 6.45) is 0. The number of hydrogen-bond donors (Lipinski definition) is 1. The van der Waals surface area contributed by atoms with Crippen molar-refractivity contribution < 1.29 is 18.0 Å². The number of benzene rings is 1. The van der Waals surface area contributed by atoms with Crippen molar-refractivity contribution in [1.82, 2.24) is 10.5 Å². The Morgan fingerprint density at radius 2 is 1.95 bits per heavy atom. The Kier molecular flexibility index (Phi) is 4.68. The monoisotopic (exact) mass is 282 g/mol. The average Bonchev–Trinajstić information content (AvgIpc) is 2.85. The van der Waals surface area contributed by atoms with E-state index in [4.69, 9.17) is 4.52 Å². The minimum atomic E-state index is -2.82. The van der Waals surface area contributed by atoms with E-state index in [0.29, 0.717) is 18.3 Å². The summed E-state index contributed by atoms with van der Waals surface area (Å²) in [6, 6.07) is 8.42. The van der Waals surface area contributed by atoms with Gasteiger partial charge >= 0.3 is 6.61 Å². The topological polar surface area (TPSA) is 47.3 Å². The van der Waals surface area contributed by atoms with Crippen molar-refractivity contribution in [2.75, 3.05) is 0 Å². The third-order valence-corrected chi connectivity index (χ3v) is 2.61. The fourth-order valence-electron chi connectivity index (χ4n) is 1.64. The molecule has 1 aromatic heterocycles. The number of hydrogen-bond acceptors (Lipinski definition) is 4. The maximum atomic E-state index is 12.0. The smallest absolute Gasteiger partial charge is 0.387 e. The summed E-state index contributed by atoms with van der Waals surface area (Å²) in [5, 5.41) is 7.18. The van der Waals surface area contributed by atoms with Crippen LogP contribution in [0.5, 0.6) is 5.75 Å². The lowest BCUT2D eigenvalue weighted by molar-refractivity contribution is -0.0498. The van der Waals surface area contributed by atoms with Crippen LogP contribution in [0.2, 0.25) is 0 Å². The summed E-state index contributed by atoms with van der Waals surface area (Å²) in [5.74, 6) is 0.708. The van der Waals surface area contributed by atoms with E-state index >= 15 is 0 Å². The third-order valence-electron chi connectivity index (χ3n) is 2.61. The van der Waals surface area contributed by atoms with E-state index in [1.807, 2.05) is 19.9 Å². The number of rotatable bonds is 6. The Labute approximate surface area is 115 Å². The zero-order valence-electron chi connectivity index (χ0n) is 11.3. The minimum Gasteiger partial charge on any atom is -0.435 e. The number of nitrogens with one attached hydrogen (secondary N) is 1. The Morgan fingerprint density at radius 1 is 1.25 bits per heavy atom. The van der Waals surface area contributed by atoms with Gasteiger partial charge < -0.3 is 14.6 Å². The van der Waals surface area contributed by atoms with Gasteiger partial charge in [0.2, 0.25) is 0 Å². The number of nitrogens with zero attached hydrogens (tertiary/aromatic N) is 1. The Morgan fingerprint density at radius 3 is 2.55 bits per heavy atom. The van der Waals surface area contributed by atoms with Crippen LogP contribution in [0.3, 0.4) is 0 Å². The fraction of sp³-hybridized carbons (Fsp3) is 0.357. The van der Waals surface area contributed by atoms with Crippen molar-refractivity contribution >= 4 is 0 Å². The first kappa shape index (κ1) is 14.5. The summed E-state index contributed by atoms with van der Waals surface area (Å²) in [5.41, 5.74) is 1.55. The molecule has 0 saturated carbocycles. The highest BCUT2D eigenvalue weighted by molar-refractivity contribution is 5.58. The maximum Gasteiger partial charge on any atom is 0.387 e. The van der Waals surface area contributed by atoms with Crippen molar-refractivity contribution in [1.29, 1.82) is 0 Å². The molecule has 20 heavy (non-hydrogen) atoms. The van der Waals surface area contributed by atoms with Gasteiger partial charge in [0.15, 0.2) is 5.76 Å². The summed E-state index contributed by atoms with van der Waals surface area (Å²) in [6.45, 7) is 1.89. The predicted molar refractivity (Wildman–Crippen MR) is 70.5 cm³/mol. The highest BCUT2D eigenvalue weighted by Gasteiger charge is 2.08. The molecule has 0 aliphatic heterocycles. The highest BCUT2D eigenvalue weighted by atomic mass is 19.3. The lowest BCUT2D eigenvalue weighted by Gasteiger charge is -2.04. The highest BCUT2D eigenvalue weighted by Crippen LogP contribution is 2.24. The molecule has 0 fully saturated rings. The molecule has 0 amide bonds. The van der Waals surface area contributed by atoms with Crippen LogP contribution < -0.4 is 10.1 Å². The van der Waals surface area contributed by atoms with Crippen molar-refractivity contribution in [3.8, 4) is 17.1 Å². The second-order valence-electron chi connectivity index (χ2n) is 4.62. The van der Waals surface area contributed by atoms with E-state index in [0.717, 1.165) is 11.3 Å². The molecule has 1 aromatic carbocycles. The molecule has 6 heteroatoms. The molecule has 4 nitrogen and oxygen atoms in total. The van der Waals surface area contributed by atoms with Crippen LogP contribution in [0.15, 0.2) is 34.9 Å². The van der Waals surface area contributed by atoms with E-state index < -0.39 is 6.61 Å². The molecule has 0 aliphatic carbocycles. The SMILES string of the molecule is CC(C)NCc1cc(-c2ccc(OC(F)F)cc2)on1. The molecule has 1 N–H and O–H groups in total. The largest absolute Gasteiger partial charge is 0.435 e. The van der Waals surface area contributed by atoms with Gasteiger partial charge in [-0.25, -0.2) is 0 Å². The molecule has 108 valence electrons. The molecule has 0 radical (unpaired) electrons. The summed E-state index contributed by atoms with van der Waals surface area (Å²) in [7, 11) is 0.